The van der Waals surface area contributed by atoms with Crippen molar-refractivity contribution >= 4 is 11.6 Å². The zero-order valence-corrected chi connectivity index (χ0v) is 11.8. The molecule has 0 N–H and O–H groups in total. The Bertz CT molecular complexity index is 364. The molecule has 2 unspecified atom stereocenters. The van der Waals surface area contributed by atoms with Crippen molar-refractivity contribution in [3.63, 3.8) is 0 Å². The van der Waals surface area contributed by atoms with Crippen LogP contribution in [0.4, 0.5) is 0 Å². The Morgan fingerprint density at radius 2 is 1.78 bits per heavy atom. The first kappa shape index (κ1) is 13.9. The molecule has 18 heavy (non-hydrogen) atoms. The van der Waals surface area contributed by atoms with Crippen molar-refractivity contribution in [2.24, 2.45) is 0 Å². The van der Waals surface area contributed by atoms with Gasteiger partial charge in [0.1, 0.15) is 0 Å². The molecule has 0 spiro atoms. The number of hydrogen-bond donors (Lipinski definition) is 0. The number of halogens is 1. The van der Waals surface area contributed by atoms with Gasteiger partial charge in [-0.1, -0.05) is 30.3 Å². The monoisotopic (exact) mass is 268 g/mol. The van der Waals surface area contributed by atoms with Gasteiger partial charge in [0.25, 0.3) is 0 Å². The maximum atomic E-state index is 6.00. The van der Waals surface area contributed by atoms with E-state index < -0.39 is 5.79 Å². The molecule has 2 atom stereocenters. The van der Waals surface area contributed by atoms with Gasteiger partial charge in [0.05, 0.1) is 12.2 Å². The lowest BCUT2D eigenvalue weighted by atomic mass is 10.0. The zero-order chi connectivity index (χ0) is 13.0. The van der Waals surface area contributed by atoms with E-state index >= 15 is 0 Å². The second kappa shape index (κ2) is 6.05. The van der Waals surface area contributed by atoms with Crippen molar-refractivity contribution in [2.45, 2.75) is 51.1 Å². The number of alkyl halides is 1. The number of rotatable bonds is 5. The minimum Gasteiger partial charge on any atom is -0.345 e. The molecule has 0 saturated carbocycles. The summed E-state index contributed by atoms with van der Waals surface area (Å²) >= 11 is 5.76. The Balaban J connectivity index is 2.00. The Kier molecular flexibility index (Phi) is 4.66. The van der Waals surface area contributed by atoms with Crippen molar-refractivity contribution < 1.29 is 9.47 Å². The number of benzene rings is 1. The van der Waals surface area contributed by atoms with Crippen molar-refractivity contribution in [3.05, 3.63) is 35.9 Å². The van der Waals surface area contributed by atoms with Gasteiger partial charge in [-0.25, -0.2) is 0 Å². The van der Waals surface area contributed by atoms with Crippen LogP contribution in [0, 0.1) is 0 Å². The molecule has 2 nitrogen and oxygen atoms in total. The van der Waals surface area contributed by atoms with Crippen LogP contribution in [0.2, 0.25) is 0 Å². The van der Waals surface area contributed by atoms with Gasteiger partial charge >= 0.3 is 0 Å². The normalized spacial score (nSPS) is 26.4. The van der Waals surface area contributed by atoms with Crippen molar-refractivity contribution in [1.29, 1.82) is 0 Å². The molecule has 1 aromatic rings. The van der Waals surface area contributed by atoms with Crippen LogP contribution in [0.5, 0.6) is 0 Å². The molecule has 0 radical (unpaired) electrons. The highest BCUT2D eigenvalue weighted by molar-refractivity contribution is 6.17. The van der Waals surface area contributed by atoms with Gasteiger partial charge < -0.3 is 9.47 Å². The van der Waals surface area contributed by atoms with Gasteiger partial charge in [-0.05, 0) is 32.3 Å². The Morgan fingerprint density at radius 3 is 2.44 bits per heavy atom. The average Bonchev–Trinajstić information content (AvgIpc) is 2.62. The lowest BCUT2D eigenvalue weighted by Crippen LogP contribution is -2.25. The van der Waals surface area contributed by atoms with Gasteiger partial charge in [0, 0.05) is 12.3 Å². The summed E-state index contributed by atoms with van der Waals surface area (Å²) in [6.45, 7) is 3.96. The lowest BCUT2D eigenvalue weighted by molar-refractivity contribution is -0.146. The summed E-state index contributed by atoms with van der Waals surface area (Å²) in [6, 6.07) is 10.4. The van der Waals surface area contributed by atoms with E-state index in [0.29, 0.717) is 5.88 Å². The van der Waals surface area contributed by atoms with E-state index in [1.54, 1.807) is 0 Å². The summed E-state index contributed by atoms with van der Waals surface area (Å²) in [5, 5.41) is 0. The molecule has 2 rings (SSSR count). The summed E-state index contributed by atoms with van der Waals surface area (Å²) in [7, 11) is 0. The van der Waals surface area contributed by atoms with Gasteiger partial charge in [0.15, 0.2) is 5.79 Å². The van der Waals surface area contributed by atoms with Gasteiger partial charge in [-0.15, -0.1) is 11.6 Å². The van der Waals surface area contributed by atoms with Crippen LogP contribution in [0.1, 0.15) is 32.3 Å². The molecule has 0 amide bonds. The average molecular weight is 269 g/mol. The highest BCUT2D eigenvalue weighted by atomic mass is 35.5. The standard InChI is InChI=1S/C15H21ClO2/c1-15(2)17-13(9-6-10-16)14(18-15)11-12-7-4-3-5-8-12/h3-5,7-8,13-14H,6,9-11H2,1-2H3. The third-order valence-corrected chi connectivity index (χ3v) is 3.45. The molecule has 3 heteroatoms. The molecule has 0 bridgehead atoms. The van der Waals surface area contributed by atoms with E-state index in [9.17, 15) is 0 Å². The molecule has 1 fully saturated rings. The van der Waals surface area contributed by atoms with E-state index in [2.05, 4.69) is 24.3 Å². The summed E-state index contributed by atoms with van der Waals surface area (Å²) in [6.07, 6.45) is 3.11. The molecule has 0 aliphatic carbocycles. The maximum Gasteiger partial charge on any atom is 0.163 e. The van der Waals surface area contributed by atoms with Gasteiger partial charge in [-0.2, -0.15) is 0 Å². The summed E-state index contributed by atoms with van der Waals surface area (Å²) in [5.41, 5.74) is 1.29. The van der Waals surface area contributed by atoms with Crippen molar-refractivity contribution in [3.8, 4) is 0 Å². The predicted octanol–water partition coefficient (Wildman–Crippen LogP) is 3.77. The molecule has 1 aromatic carbocycles. The van der Waals surface area contributed by atoms with E-state index in [0.717, 1.165) is 19.3 Å². The third-order valence-electron chi connectivity index (χ3n) is 3.19. The molecule has 100 valence electrons. The SMILES string of the molecule is CC1(C)OC(CCCCl)C(Cc2ccccc2)O1. The van der Waals surface area contributed by atoms with Crippen molar-refractivity contribution in [1.82, 2.24) is 0 Å². The lowest BCUT2D eigenvalue weighted by Gasteiger charge is -2.16. The Hall–Kier alpha value is -0.570. The maximum absolute atomic E-state index is 6.00. The smallest absolute Gasteiger partial charge is 0.163 e. The fourth-order valence-corrected chi connectivity index (χ4v) is 2.61. The first-order chi connectivity index (χ1) is 8.61. The predicted molar refractivity (Wildman–Crippen MR) is 73.9 cm³/mol. The molecular formula is C15H21ClO2. The van der Waals surface area contributed by atoms with Crippen LogP contribution in [-0.2, 0) is 15.9 Å². The van der Waals surface area contributed by atoms with Crippen LogP contribution in [0.3, 0.4) is 0 Å². The van der Waals surface area contributed by atoms with Gasteiger partial charge in [0.2, 0.25) is 0 Å². The fraction of sp³-hybridized carbons (Fsp3) is 0.600. The van der Waals surface area contributed by atoms with Crippen LogP contribution in [-0.4, -0.2) is 23.9 Å². The minimum atomic E-state index is -0.476. The number of ether oxygens (including phenoxy) is 2. The fourth-order valence-electron chi connectivity index (χ4n) is 2.45. The first-order valence-corrected chi connectivity index (χ1v) is 7.10. The topological polar surface area (TPSA) is 18.5 Å². The van der Waals surface area contributed by atoms with Crippen LogP contribution >= 0.6 is 11.6 Å². The Labute approximate surface area is 114 Å². The van der Waals surface area contributed by atoms with E-state index in [-0.39, 0.29) is 12.2 Å². The summed E-state index contributed by atoms with van der Waals surface area (Å²) in [5.74, 6) is 0.203. The molecule has 1 aliphatic rings. The second-order valence-corrected chi connectivity index (χ2v) is 5.61. The molecule has 1 aliphatic heterocycles. The van der Waals surface area contributed by atoms with E-state index in [4.69, 9.17) is 21.1 Å². The first-order valence-electron chi connectivity index (χ1n) is 6.56. The Morgan fingerprint density at radius 1 is 1.11 bits per heavy atom. The highest BCUT2D eigenvalue weighted by Gasteiger charge is 2.40. The van der Waals surface area contributed by atoms with E-state index in [1.807, 2.05) is 19.9 Å². The minimum absolute atomic E-state index is 0.130. The zero-order valence-electron chi connectivity index (χ0n) is 11.1. The van der Waals surface area contributed by atoms with Gasteiger partial charge in [-0.3, -0.25) is 0 Å². The van der Waals surface area contributed by atoms with Crippen LogP contribution < -0.4 is 0 Å². The molecule has 0 aromatic heterocycles. The third kappa shape index (κ3) is 3.71. The quantitative estimate of drug-likeness (QED) is 0.757. The highest BCUT2D eigenvalue weighted by Crippen LogP contribution is 2.32. The largest absolute Gasteiger partial charge is 0.345 e. The number of hydrogen-bond acceptors (Lipinski definition) is 2. The molecular weight excluding hydrogens is 248 g/mol. The second-order valence-electron chi connectivity index (χ2n) is 5.23. The van der Waals surface area contributed by atoms with E-state index in [1.165, 1.54) is 5.56 Å². The summed E-state index contributed by atoms with van der Waals surface area (Å²) < 4.78 is 12.0. The van der Waals surface area contributed by atoms with Crippen LogP contribution in [0.25, 0.3) is 0 Å². The van der Waals surface area contributed by atoms with Crippen LogP contribution in [0.15, 0.2) is 30.3 Å². The molecule has 1 saturated heterocycles. The molecule has 1 heterocycles. The van der Waals surface area contributed by atoms with Crippen molar-refractivity contribution in [2.75, 3.05) is 5.88 Å². The summed E-state index contributed by atoms with van der Waals surface area (Å²) in [4.78, 5) is 0.